The fraction of sp³-hybridized carbons (Fsp3) is 0.400. The van der Waals surface area contributed by atoms with Crippen LogP contribution in [0.15, 0.2) is 18.3 Å². The van der Waals surface area contributed by atoms with Crippen LogP contribution in [-0.2, 0) is 0 Å². The van der Waals surface area contributed by atoms with E-state index < -0.39 is 0 Å². The van der Waals surface area contributed by atoms with Crippen LogP contribution >= 0.6 is 23.4 Å². The zero-order chi connectivity index (χ0) is 11.3. The molecule has 15 heavy (non-hydrogen) atoms. The Balaban J connectivity index is 2.63. The lowest BCUT2D eigenvalue weighted by atomic mass is 10.2. The minimum atomic E-state index is -0.0202. The third-order valence-electron chi connectivity index (χ3n) is 1.95. The monoisotopic (exact) mass is 244 g/mol. The van der Waals surface area contributed by atoms with Crippen molar-refractivity contribution in [1.29, 1.82) is 0 Å². The van der Waals surface area contributed by atoms with Crippen molar-refractivity contribution in [3.05, 3.63) is 29.0 Å². The number of carbonyl (C=O) groups is 1. The number of hydrogen-bond acceptors (Lipinski definition) is 3. The van der Waals surface area contributed by atoms with Crippen molar-refractivity contribution < 1.29 is 4.79 Å². The summed E-state index contributed by atoms with van der Waals surface area (Å²) >= 11 is 7.35. The normalized spacial score (nSPS) is 10.1. The number of nitrogens with zero attached hydrogens (tertiary/aromatic N) is 2. The molecule has 0 aliphatic carbocycles. The van der Waals surface area contributed by atoms with Crippen LogP contribution in [0.1, 0.15) is 10.4 Å². The second-order valence-electron chi connectivity index (χ2n) is 3.09. The Morgan fingerprint density at radius 2 is 2.33 bits per heavy atom. The van der Waals surface area contributed by atoms with Crippen molar-refractivity contribution in [2.75, 3.05) is 25.6 Å². The SMILES string of the molecule is CSCCN(C)C(=O)c1ccc(Cl)nc1. The molecule has 0 N–H and O–H groups in total. The number of hydrogen-bond donors (Lipinski definition) is 0. The number of thioether (sulfide) groups is 1. The fourth-order valence-corrected chi connectivity index (χ4v) is 1.62. The summed E-state index contributed by atoms with van der Waals surface area (Å²) in [5.74, 6) is 0.914. The first kappa shape index (κ1) is 12.3. The van der Waals surface area contributed by atoms with Crippen molar-refractivity contribution in [1.82, 2.24) is 9.88 Å². The number of carbonyl (C=O) groups excluding carboxylic acids is 1. The highest BCUT2D eigenvalue weighted by Gasteiger charge is 2.10. The van der Waals surface area contributed by atoms with Crippen molar-refractivity contribution >= 4 is 29.3 Å². The lowest BCUT2D eigenvalue weighted by Crippen LogP contribution is -2.28. The van der Waals surface area contributed by atoms with Gasteiger partial charge in [0.05, 0.1) is 5.56 Å². The highest BCUT2D eigenvalue weighted by atomic mass is 35.5. The molecule has 0 fully saturated rings. The fourth-order valence-electron chi connectivity index (χ4n) is 1.05. The van der Waals surface area contributed by atoms with E-state index in [1.54, 1.807) is 35.8 Å². The van der Waals surface area contributed by atoms with Gasteiger partial charge in [-0.15, -0.1) is 0 Å². The Bertz CT molecular complexity index is 329. The van der Waals surface area contributed by atoms with E-state index in [4.69, 9.17) is 11.6 Å². The Labute approximate surface area is 98.8 Å². The Morgan fingerprint density at radius 1 is 1.60 bits per heavy atom. The van der Waals surface area contributed by atoms with Gasteiger partial charge in [-0.2, -0.15) is 11.8 Å². The van der Waals surface area contributed by atoms with Crippen LogP contribution in [0.4, 0.5) is 0 Å². The highest BCUT2D eigenvalue weighted by molar-refractivity contribution is 7.98. The topological polar surface area (TPSA) is 33.2 Å². The second kappa shape index (κ2) is 5.98. The summed E-state index contributed by atoms with van der Waals surface area (Å²) in [6.07, 6.45) is 3.52. The molecule has 0 unspecified atom stereocenters. The Kier molecular flexibility index (Phi) is 4.91. The van der Waals surface area contributed by atoms with E-state index in [-0.39, 0.29) is 5.91 Å². The van der Waals surface area contributed by atoms with Gasteiger partial charge in [-0.3, -0.25) is 4.79 Å². The molecule has 1 heterocycles. The van der Waals surface area contributed by atoms with Crippen LogP contribution in [0.25, 0.3) is 0 Å². The average Bonchev–Trinajstić information content (AvgIpc) is 2.26. The summed E-state index contributed by atoms with van der Waals surface area (Å²) in [5.41, 5.74) is 0.572. The summed E-state index contributed by atoms with van der Waals surface area (Å²) in [4.78, 5) is 17.4. The van der Waals surface area contributed by atoms with Gasteiger partial charge in [-0.25, -0.2) is 4.98 Å². The van der Waals surface area contributed by atoms with Gasteiger partial charge in [-0.1, -0.05) is 11.6 Å². The first-order valence-electron chi connectivity index (χ1n) is 4.51. The summed E-state index contributed by atoms with van der Waals surface area (Å²) in [6.45, 7) is 0.739. The summed E-state index contributed by atoms with van der Waals surface area (Å²) in [7, 11) is 1.78. The van der Waals surface area contributed by atoms with E-state index in [9.17, 15) is 4.79 Å². The lowest BCUT2D eigenvalue weighted by molar-refractivity contribution is 0.0803. The van der Waals surface area contributed by atoms with E-state index in [0.29, 0.717) is 10.7 Å². The molecular formula is C10H13ClN2OS. The molecule has 0 saturated carbocycles. The number of halogens is 1. The van der Waals surface area contributed by atoms with E-state index in [0.717, 1.165) is 12.3 Å². The van der Waals surface area contributed by atoms with Gasteiger partial charge >= 0.3 is 0 Å². The molecule has 5 heteroatoms. The maximum atomic E-state index is 11.8. The van der Waals surface area contributed by atoms with Crippen LogP contribution in [0.5, 0.6) is 0 Å². The maximum Gasteiger partial charge on any atom is 0.255 e. The third-order valence-corrected chi connectivity index (χ3v) is 2.77. The molecule has 1 aromatic heterocycles. The third kappa shape index (κ3) is 3.72. The Morgan fingerprint density at radius 3 is 2.87 bits per heavy atom. The van der Waals surface area contributed by atoms with Crippen molar-refractivity contribution in [2.24, 2.45) is 0 Å². The van der Waals surface area contributed by atoms with Crippen LogP contribution in [0.3, 0.4) is 0 Å². The maximum absolute atomic E-state index is 11.8. The first-order chi connectivity index (χ1) is 7.15. The molecule has 0 bridgehead atoms. The molecule has 0 aliphatic heterocycles. The molecule has 1 aromatic rings. The minimum absolute atomic E-state index is 0.0202. The average molecular weight is 245 g/mol. The predicted molar refractivity (Wildman–Crippen MR) is 64.6 cm³/mol. The van der Waals surface area contributed by atoms with E-state index in [2.05, 4.69) is 4.98 Å². The van der Waals surface area contributed by atoms with Gasteiger partial charge in [0.1, 0.15) is 5.15 Å². The van der Waals surface area contributed by atoms with Crippen LogP contribution < -0.4 is 0 Å². The molecule has 0 aromatic carbocycles. The van der Waals surface area contributed by atoms with Gasteiger partial charge in [0, 0.05) is 25.5 Å². The highest BCUT2D eigenvalue weighted by Crippen LogP contribution is 2.07. The molecule has 0 spiro atoms. The van der Waals surface area contributed by atoms with Gasteiger partial charge in [0.25, 0.3) is 5.91 Å². The molecule has 82 valence electrons. The zero-order valence-electron chi connectivity index (χ0n) is 8.74. The number of pyridine rings is 1. The predicted octanol–water partition coefficient (Wildman–Crippen LogP) is 2.17. The number of rotatable bonds is 4. The van der Waals surface area contributed by atoms with Gasteiger partial charge < -0.3 is 4.90 Å². The summed E-state index contributed by atoms with van der Waals surface area (Å²) < 4.78 is 0. The molecular weight excluding hydrogens is 232 g/mol. The summed E-state index contributed by atoms with van der Waals surface area (Å²) in [6, 6.07) is 3.31. The zero-order valence-corrected chi connectivity index (χ0v) is 10.3. The molecule has 1 amide bonds. The summed E-state index contributed by atoms with van der Waals surface area (Å²) in [5, 5.41) is 0.401. The quantitative estimate of drug-likeness (QED) is 0.762. The van der Waals surface area contributed by atoms with Crippen molar-refractivity contribution in [3.63, 3.8) is 0 Å². The lowest BCUT2D eigenvalue weighted by Gasteiger charge is -2.16. The Hall–Kier alpha value is -0.740. The first-order valence-corrected chi connectivity index (χ1v) is 6.28. The van der Waals surface area contributed by atoms with Crippen molar-refractivity contribution in [2.45, 2.75) is 0 Å². The molecule has 3 nitrogen and oxygen atoms in total. The van der Waals surface area contributed by atoms with E-state index in [1.165, 1.54) is 6.20 Å². The number of aromatic nitrogens is 1. The van der Waals surface area contributed by atoms with Gasteiger partial charge in [0.15, 0.2) is 0 Å². The smallest absolute Gasteiger partial charge is 0.255 e. The number of amides is 1. The van der Waals surface area contributed by atoms with Crippen molar-refractivity contribution in [3.8, 4) is 0 Å². The van der Waals surface area contributed by atoms with Crippen LogP contribution in [0.2, 0.25) is 5.15 Å². The van der Waals surface area contributed by atoms with E-state index in [1.807, 2.05) is 6.26 Å². The standard InChI is InChI=1S/C10H13ClN2OS/c1-13(5-6-15-2)10(14)8-3-4-9(11)12-7-8/h3-4,7H,5-6H2,1-2H3. The molecule has 0 atom stereocenters. The largest absolute Gasteiger partial charge is 0.341 e. The molecule has 0 aliphatic rings. The molecule has 1 rings (SSSR count). The van der Waals surface area contributed by atoms with E-state index >= 15 is 0 Å². The molecule has 0 saturated heterocycles. The van der Waals surface area contributed by atoms with Crippen LogP contribution in [-0.4, -0.2) is 41.4 Å². The van der Waals surface area contributed by atoms with Gasteiger partial charge in [-0.05, 0) is 18.4 Å². The van der Waals surface area contributed by atoms with Gasteiger partial charge in [0.2, 0.25) is 0 Å². The molecule has 0 radical (unpaired) electrons. The second-order valence-corrected chi connectivity index (χ2v) is 4.46. The van der Waals surface area contributed by atoms with Crippen LogP contribution in [0, 0.1) is 0 Å². The minimum Gasteiger partial charge on any atom is -0.341 e.